The molecule has 3 heterocycles. The van der Waals surface area contributed by atoms with E-state index in [0.717, 1.165) is 0 Å². The van der Waals surface area contributed by atoms with E-state index in [4.69, 9.17) is 0 Å². The summed E-state index contributed by atoms with van der Waals surface area (Å²) in [6.07, 6.45) is 7.94. The lowest BCUT2D eigenvalue weighted by atomic mass is 10.3. The summed E-state index contributed by atoms with van der Waals surface area (Å²) in [5.74, 6) is -0.0937. The Balaban J connectivity index is 1.47. The van der Waals surface area contributed by atoms with Crippen LogP contribution in [0, 0.1) is 5.82 Å². The quantitative estimate of drug-likeness (QED) is 0.610. The molecular weight excluding hydrogens is 337 g/mol. The third-order valence-corrected chi connectivity index (χ3v) is 3.56. The van der Waals surface area contributed by atoms with Crippen LogP contribution in [0.4, 0.5) is 10.1 Å². The SMILES string of the molecule is O=C(Nc1ccc(-n2ccnc2)nc1)c1cnn(-c2ccc(F)cc2)n1. The van der Waals surface area contributed by atoms with Crippen molar-refractivity contribution in [2.45, 2.75) is 0 Å². The number of carbonyl (C=O) groups is 1. The number of nitrogens with zero attached hydrogens (tertiary/aromatic N) is 6. The zero-order valence-corrected chi connectivity index (χ0v) is 13.3. The lowest BCUT2D eigenvalue weighted by Crippen LogP contribution is -2.13. The van der Waals surface area contributed by atoms with Crippen LogP contribution in [0.2, 0.25) is 0 Å². The van der Waals surface area contributed by atoms with E-state index < -0.39 is 5.91 Å². The van der Waals surface area contributed by atoms with Crippen LogP contribution in [0.25, 0.3) is 11.5 Å². The van der Waals surface area contributed by atoms with Crippen molar-refractivity contribution < 1.29 is 9.18 Å². The Kier molecular flexibility index (Phi) is 3.94. The largest absolute Gasteiger partial charge is 0.319 e. The number of pyridine rings is 1. The molecule has 0 saturated carbocycles. The molecule has 0 bridgehead atoms. The van der Waals surface area contributed by atoms with Gasteiger partial charge in [0.05, 0.1) is 23.8 Å². The molecule has 0 unspecified atom stereocenters. The second-order valence-corrected chi connectivity index (χ2v) is 5.32. The number of halogens is 1. The molecule has 0 radical (unpaired) electrons. The summed E-state index contributed by atoms with van der Waals surface area (Å²) in [6, 6.07) is 9.13. The molecule has 3 aromatic heterocycles. The van der Waals surface area contributed by atoms with Crippen molar-refractivity contribution in [1.82, 2.24) is 29.5 Å². The van der Waals surface area contributed by atoms with Crippen molar-refractivity contribution in [3.05, 3.63) is 79.0 Å². The highest BCUT2D eigenvalue weighted by molar-refractivity contribution is 6.02. The third kappa shape index (κ3) is 3.18. The number of benzene rings is 1. The predicted molar refractivity (Wildman–Crippen MR) is 90.6 cm³/mol. The van der Waals surface area contributed by atoms with Crippen molar-refractivity contribution in [3.63, 3.8) is 0 Å². The van der Waals surface area contributed by atoms with E-state index >= 15 is 0 Å². The third-order valence-electron chi connectivity index (χ3n) is 3.56. The normalized spacial score (nSPS) is 10.7. The van der Waals surface area contributed by atoms with Gasteiger partial charge < -0.3 is 5.32 Å². The molecule has 0 aliphatic rings. The molecule has 0 fully saturated rings. The smallest absolute Gasteiger partial charge is 0.277 e. The Morgan fingerprint density at radius 2 is 1.92 bits per heavy atom. The van der Waals surface area contributed by atoms with Crippen LogP contribution < -0.4 is 5.32 Å². The van der Waals surface area contributed by atoms with Gasteiger partial charge in [0.2, 0.25) is 0 Å². The summed E-state index contributed by atoms with van der Waals surface area (Å²) in [4.78, 5) is 21.8. The van der Waals surface area contributed by atoms with Gasteiger partial charge in [0.25, 0.3) is 5.91 Å². The number of anilines is 1. The highest BCUT2D eigenvalue weighted by Gasteiger charge is 2.12. The minimum absolute atomic E-state index is 0.132. The summed E-state index contributed by atoms with van der Waals surface area (Å²) >= 11 is 0. The van der Waals surface area contributed by atoms with E-state index in [0.29, 0.717) is 17.2 Å². The fourth-order valence-corrected chi connectivity index (χ4v) is 2.27. The summed E-state index contributed by atoms with van der Waals surface area (Å²) in [6.45, 7) is 0. The van der Waals surface area contributed by atoms with Crippen molar-refractivity contribution in [2.75, 3.05) is 5.32 Å². The first-order chi connectivity index (χ1) is 12.7. The van der Waals surface area contributed by atoms with Crippen LogP contribution in [0.1, 0.15) is 10.5 Å². The highest BCUT2D eigenvalue weighted by atomic mass is 19.1. The first-order valence-electron chi connectivity index (χ1n) is 7.63. The summed E-state index contributed by atoms with van der Waals surface area (Å²) in [7, 11) is 0. The fourth-order valence-electron chi connectivity index (χ4n) is 2.27. The predicted octanol–water partition coefficient (Wildman–Crippen LogP) is 2.24. The average Bonchev–Trinajstić information content (AvgIpc) is 3.35. The number of aromatic nitrogens is 6. The standard InChI is InChI=1S/C17H12FN7O/c18-12-1-4-14(5-2-12)25-21-10-15(23-25)17(26)22-13-3-6-16(20-9-13)24-8-7-19-11-24/h1-11H,(H,22,26). The Morgan fingerprint density at radius 1 is 1.08 bits per heavy atom. The van der Waals surface area contributed by atoms with E-state index in [-0.39, 0.29) is 11.5 Å². The maximum absolute atomic E-state index is 13.0. The molecule has 1 N–H and O–H groups in total. The molecule has 0 aliphatic carbocycles. The number of hydrogen-bond acceptors (Lipinski definition) is 5. The van der Waals surface area contributed by atoms with E-state index in [9.17, 15) is 9.18 Å². The van der Waals surface area contributed by atoms with Gasteiger partial charge >= 0.3 is 0 Å². The summed E-state index contributed by atoms with van der Waals surface area (Å²) < 4.78 is 14.7. The molecule has 9 heteroatoms. The maximum atomic E-state index is 13.0. The second kappa shape index (κ2) is 6.55. The van der Waals surface area contributed by atoms with Crippen molar-refractivity contribution >= 4 is 11.6 Å². The Hall–Kier alpha value is -3.88. The lowest BCUT2D eigenvalue weighted by molar-refractivity contribution is 0.102. The van der Waals surface area contributed by atoms with E-state index in [1.165, 1.54) is 41.5 Å². The van der Waals surface area contributed by atoms with Gasteiger partial charge in [-0.15, -0.1) is 5.10 Å². The van der Waals surface area contributed by atoms with Crippen molar-refractivity contribution in [1.29, 1.82) is 0 Å². The van der Waals surface area contributed by atoms with Crippen LogP contribution in [0.15, 0.2) is 67.5 Å². The Labute approximate surface area is 146 Å². The maximum Gasteiger partial charge on any atom is 0.277 e. The fraction of sp³-hybridized carbons (Fsp3) is 0. The van der Waals surface area contributed by atoms with Gasteiger partial charge in [-0.3, -0.25) is 9.36 Å². The molecule has 0 aliphatic heterocycles. The molecular formula is C17H12FN7O. The first-order valence-corrected chi connectivity index (χ1v) is 7.63. The monoisotopic (exact) mass is 349 g/mol. The summed E-state index contributed by atoms with van der Waals surface area (Å²) in [5, 5.41) is 10.8. The molecule has 0 saturated heterocycles. The zero-order chi connectivity index (χ0) is 17.9. The summed E-state index contributed by atoms with van der Waals surface area (Å²) in [5.41, 5.74) is 1.21. The van der Waals surface area contributed by atoms with Crippen molar-refractivity contribution in [2.24, 2.45) is 0 Å². The lowest BCUT2D eigenvalue weighted by Gasteiger charge is -2.04. The highest BCUT2D eigenvalue weighted by Crippen LogP contribution is 2.11. The van der Waals surface area contributed by atoms with Gasteiger partial charge in [0, 0.05) is 12.4 Å². The van der Waals surface area contributed by atoms with Crippen LogP contribution in [-0.4, -0.2) is 35.4 Å². The minimum Gasteiger partial charge on any atom is -0.319 e. The number of amides is 1. The number of hydrogen-bond donors (Lipinski definition) is 1. The number of nitrogens with one attached hydrogen (secondary N) is 1. The Morgan fingerprint density at radius 3 is 2.62 bits per heavy atom. The number of carbonyl (C=O) groups excluding carboxylic acids is 1. The topological polar surface area (TPSA) is 90.5 Å². The van der Waals surface area contributed by atoms with Gasteiger partial charge in [-0.2, -0.15) is 9.90 Å². The molecule has 4 aromatic rings. The van der Waals surface area contributed by atoms with Crippen LogP contribution in [0.5, 0.6) is 0 Å². The zero-order valence-electron chi connectivity index (χ0n) is 13.3. The van der Waals surface area contributed by atoms with Gasteiger partial charge in [-0.25, -0.2) is 14.4 Å². The molecule has 128 valence electrons. The minimum atomic E-state index is -0.421. The van der Waals surface area contributed by atoms with Gasteiger partial charge in [0.1, 0.15) is 18.0 Å². The van der Waals surface area contributed by atoms with Crippen molar-refractivity contribution in [3.8, 4) is 11.5 Å². The molecule has 1 aromatic carbocycles. The van der Waals surface area contributed by atoms with Gasteiger partial charge in [-0.05, 0) is 36.4 Å². The van der Waals surface area contributed by atoms with Crippen LogP contribution in [0.3, 0.4) is 0 Å². The molecule has 0 atom stereocenters. The van der Waals surface area contributed by atoms with Crippen LogP contribution >= 0.6 is 0 Å². The number of imidazole rings is 1. The van der Waals surface area contributed by atoms with E-state index in [1.54, 1.807) is 35.4 Å². The molecule has 8 nitrogen and oxygen atoms in total. The van der Waals surface area contributed by atoms with Gasteiger partial charge in [0.15, 0.2) is 5.69 Å². The van der Waals surface area contributed by atoms with Gasteiger partial charge in [-0.1, -0.05) is 0 Å². The molecule has 26 heavy (non-hydrogen) atoms. The van der Waals surface area contributed by atoms with E-state index in [1.807, 2.05) is 0 Å². The van der Waals surface area contributed by atoms with E-state index in [2.05, 4.69) is 25.5 Å². The van der Waals surface area contributed by atoms with Crippen LogP contribution in [-0.2, 0) is 0 Å². The number of rotatable bonds is 4. The molecule has 4 rings (SSSR count). The molecule has 0 spiro atoms. The average molecular weight is 349 g/mol. The Bertz CT molecular complexity index is 1020. The first kappa shape index (κ1) is 15.6. The second-order valence-electron chi connectivity index (χ2n) is 5.32. The molecule has 1 amide bonds.